The van der Waals surface area contributed by atoms with Gasteiger partial charge in [-0.05, 0) is 43.3 Å². The summed E-state index contributed by atoms with van der Waals surface area (Å²) in [6.07, 6.45) is 0. The van der Waals surface area contributed by atoms with E-state index < -0.39 is 0 Å². The van der Waals surface area contributed by atoms with Crippen molar-refractivity contribution in [2.45, 2.75) is 6.92 Å². The summed E-state index contributed by atoms with van der Waals surface area (Å²) >= 11 is 9.72. The highest BCUT2D eigenvalue weighted by atomic mass is 79.9. The molecule has 144 valence electrons. The molecule has 0 N–H and O–H groups in total. The number of amides is 1. The molecule has 0 spiro atoms. The molecule has 1 aromatic heterocycles. The number of carbonyl (C=O) groups excluding carboxylic acids is 1. The van der Waals surface area contributed by atoms with Crippen molar-refractivity contribution in [1.82, 2.24) is 19.9 Å². The highest BCUT2D eigenvalue weighted by Crippen LogP contribution is 2.26. The molecule has 1 fully saturated rings. The van der Waals surface area contributed by atoms with E-state index in [1.165, 1.54) is 0 Å². The van der Waals surface area contributed by atoms with Crippen molar-refractivity contribution in [2.24, 2.45) is 0 Å². The van der Waals surface area contributed by atoms with Gasteiger partial charge in [0.2, 0.25) is 0 Å². The zero-order chi connectivity index (χ0) is 19.7. The molecule has 6 nitrogen and oxygen atoms in total. The molecule has 1 amide bonds. The highest BCUT2D eigenvalue weighted by molar-refractivity contribution is 9.10. The number of anilines is 1. The maximum absolute atomic E-state index is 13.0. The van der Waals surface area contributed by atoms with Gasteiger partial charge in [0.15, 0.2) is 5.69 Å². The van der Waals surface area contributed by atoms with Crippen molar-refractivity contribution in [1.29, 1.82) is 0 Å². The fraction of sp³-hybridized carbons (Fsp3) is 0.250. The minimum atomic E-state index is -0.0836. The van der Waals surface area contributed by atoms with Gasteiger partial charge in [0.1, 0.15) is 0 Å². The van der Waals surface area contributed by atoms with Gasteiger partial charge >= 0.3 is 0 Å². The van der Waals surface area contributed by atoms with Crippen LogP contribution in [0.1, 0.15) is 16.2 Å². The van der Waals surface area contributed by atoms with Gasteiger partial charge < -0.3 is 9.80 Å². The number of nitrogens with zero attached hydrogens (tertiary/aromatic N) is 5. The Hall–Kier alpha value is -2.38. The average Bonchev–Trinajstić information content (AvgIpc) is 3.10. The molecule has 4 rings (SSSR count). The summed E-state index contributed by atoms with van der Waals surface area (Å²) in [5.41, 5.74) is 3.01. The Labute approximate surface area is 176 Å². The molecular weight excluding hydrogens is 442 g/mol. The molecule has 2 heterocycles. The van der Waals surface area contributed by atoms with Crippen LogP contribution in [0.2, 0.25) is 5.02 Å². The first-order chi connectivity index (χ1) is 13.5. The van der Waals surface area contributed by atoms with Crippen molar-refractivity contribution >= 4 is 39.1 Å². The molecule has 0 radical (unpaired) electrons. The number of piperazine rings is 1. The maximum Gasteiger partial charge on any atom is 0.276 e. The SMILES string of the molecule is Cc1c(C(=O)N2CCN(c3ccccc3Cl)CC2)nnn1-c1ccc(Br)cc1. The third-order valence-corrected chi connectivity index (χ3v) is 5.78. The van der Waals surface area contributed by atoms with Gasteiger partial charge in [-0.1, -0.05) is 44.9 Å². The zero-order valence-electron chi connectivity index (χ0n) is 15.3. The summed E-state index contributed by atoms with van der Waals surface area (Å²) in [6, 6.07) is 15.5. The summed E-state index contributed by atoms with van der Waals surface area (Å²) in [7, 11) is 0. The van der Waals surface area contributed by atoms with Gasteiger partial charge in [-0.15, -0.1) is 5.10 Å². The van der Waals surface area contributed by atoms with Crippen molar-refractivity contribution in [2.75, 3.05) is 31.1 Å². The number of halogens is 2. The normalized spacial score (nSPS) is 14.4. The third kappa shape index (κ3) is 3.64. The quantitative estimate of drug-likeness (QED) is 0.594. The van der Waals surface area contributed by atoms with Crippen LogP contribution in [-0.4, -0.2) is 52.0 Å². The lowest BCUT2D eigenvalue weighted by atomic mass is 10.2. The molecule has 2 aromatic carbocycles. The molecule has 0 saturated carbocycles. The van der Waals surface area contributed by atoms with Gasteiger partial charge in [-0.3, -0.25) is 4.79 Å². The molecule has 28 heavy (non-hydrogen) atoms. The van der Waals surface area contributed by atoms with Crippen molar-refractivity contribution in [3.05, 3.63) is 69.4 Å². The number of carbonyl (C=O) groups is 1. The van der Waals surface area contributed by atoms with Crippen LogP contribution >= 0.6 is 27.5 Å². The van der Waals surface area contributed by atoms with Crippen LogP contribution in [0, 0.1) is 6.92 Å². The van der Waals surface area contributed by atoms with Crippen LogP contribution in [0.15, 0.2) is 53.0 Å². The summed E-state index contributed by atoms with van der Waals surface area (Å²) in [5.74, 6) is -0.0836. The van der Waals surface area contributed by atoms with Gasteiger partial charge in [-0.25, -0.2) is 4.68 Å². The summed E-state index contributed by atoms with van der Waals surface area (Å²) in [4.78, 5) is 17.0. The lowest BCUT2D eigenvalue weighted by Crippen LogP contribution is -2.49. The molecule has 0 unspecified atom stereocenters. The fourth-order valence-corrected chi connectivity index (χ4v) is 3.88. The van der Waals surface area contributed by atoms with Crippen LogP contribution in [0.4, 0.5) is 5.69 Å². The van der Waals surface area contributed by atoms with Gasteiger partial charge in [-0.2, -0.15) is 0 Å². The van der Waals surface area contributed by atoms with Crippen molar-refractivity contribution in [3.8, 4) is 5.69 Å². The Bertz CT molecular complexity index is 996. The number of benzene rings is 2. The fourth-order valence-electron chi connectivity index (χ4n) is 3.36. The van der Waals surface area contributed by atoms with Gasteiger partial charge in [0, 0.05) is 30.7 Å². The first-order valence-corrected chi connectivity index (χ1v) is 10.2. The van der Waals surface area contributed by atoms with Crippen LogP contribution in [0.5, 0.6) is 0 Å². The van der Waals surface area contributed by atoms with Crippen LogP contribution in [-0.2, 0) is 0 Å². The van der Waals surface area contributed by atoms with Gasteiger partial charge in [0.05, 0.1) is 22.1 Å². The second-order valence-corrected chi connectivity index (χ2v) is 7.97. The number of hydrogen-bond acceptors (Lipinski definition) is 4. The van der Waals surface area contributed by atoms with E-state index in [9.17, 15) is 4.79 Å². The number of aromatic nitrogens is 3. The number of para-hydroxylation sites is 1. The second kappa shape index (κ2) is 7.93. The summed E-state index contributed by atoms with van der Waals surface area (Å²) < 4.78 is 2.68. The van der Waals surface area contributed by atoms with Crippen LogP contribution in [0.3, 0.4) is 0 Å². The van der Waals surface area contributed by atoms with Crippen molar-refractivity contribution < 1.29 is 4.79 Å². The van der Waals surface area contributed by atoms with E-state index in [0.29, 0.717) is 18.8 Å². The van der Waals surface area contributed by atoms with E-state index in [1.807, 2.05) is 60.4 Å². The van der Waals surface area contributed by atoms with E-state index in [-0.39, 0.29) is 5.91 Å². The van der Waals surface area contributed by atoms with E-state index >= 15 is 0 Å². The predicted molar refractivity (Wildman–Crippen MR) is 113 cm³/mol. The molecule has 0 aliphatic carbocycles. The number of rotatable bonds is 3. The maximum atomic E-state index is 13.0. The largest absolute Gasteiger partial charge is 0.367 e. The van der Waals surface area contributed by atoms with Crippen LogP contribution in [0.25, 0.3) is 5.69 Å². The summed E-state index contributed by atoms with van der Waals surface area (Å²) in [5, 5.41) is 9.07. The Morgan fingerprint density at radius 3 is 2.39 bits per heavy atom. The third-order valence-electron chi connectivity index (χ3n) is 4.93. The van der Waals surface area contributed by atoms with E-state index in [1.54, 1.807) is 4.68 Å². The van der Waals surface area contributed by atoms with E-state index in [4.69, 9.17) is 11.6 Å². The Morgan fingerprint density at radius 1 is 1.04 bits per heavy atom. The lowest BCUT2D eigenvalue weighted by molar-refractivity contribution is 0.0740. The Balaban J connectivity index is 1.47. The predicted octanol–water partition coefficient (Wildman–Crippen LogP) is 3.95. The van der Waals surface area contributed by atoms with Crippen molar-refractivity contribution in [3.63, 3.8) is 0 Å². The second-order valence-electron chi connectivity index (χ2n) is 6.64. The first-order valence-electron chi connectivity index (χ1n) is 9.01. The van der Waals surface area contributed by atoms with E-state index in [2.05, 4.69) is 31.1 Å². The number of hydrogen-bond donors (Lipinski definition) is 0. The molecule has 1 saturated heterocycles. The Morgan fingerprint density at radius 2 is 1.71 bits per heavy atom. The molecule has 1 aliphatic rings. The zero-order valence-corrected chi connectivity index (χ0v) is 17.7. The molecule has 1 aliphatic heterocycles. The molecular formula is C20H19BrClN5O. The lowest BCUT2D eigenvalue weighted by Gasteiger charge is -2.36. The Kier molecular flexibility index (Phi) is 5.37. The monoisotopic (exact) mass is 459 g/mol. The smallest absolute Gasteiger partial charge is 0.276 e. The first kappa shape index (κ1) is 19.0. The highest BCUT2D eigenvalue weighted by Gasteiger charge is 2.27. The van der Waals surface area contributed by atoms with Crippen LogP contribution < -0.4 is 4.90 Å². The molecule has 0 bridgehead atoms. The van der Waals surface area contributed by atoms with E-state index in [0.717, 1.165) is 39.7 Å². The summed E-state index contributed by atoms with van der Waals surface area (Å²) in [6.45, 7) is 4.57. The molecule has 3 aromatic rings. The topological polar surface area (TPSA) is 54.3 Å². The molecule has 0 atom stereocenters. The minimum Gasteiger partial charge on any atom is -0.367 e. The average molecular weight is 461 g/mol. The van der Waals surface area contributed by atoms with Gasteiger partial charge in [0.25, 0.3) is 5.91 Å². The molecule has 8 heteroatoms. The minimum absolute atomic E-state index is 0.0836. The standard InChI is InChI=1S/C20H19BrClN5O/c1-14-19(23-24-27(14)16-8-6-15(21)7-9-16)20(28)26-12-10-25(11-13-26)18-5-3-2-4-17(18)22/h2-9H,10-13H2,1H3.